The van der Waals surface area contributed by atoms with Crippen LogP contribution in [0, 0.1) is 0 Å². The Hall–Kier alpha value is -1.20. The Kier molecular flexibility index (Phi) is 3.91. The molecule has 0 spiro atoms. The summed E-state index contributed by atoms with van der Waals surface area (Å²) in [6.45, 7) is 3.77. The number of morpholine rings is 1. The number of carbonyl (C=O) groups excluding carboxylic acids is 1. The summed E-state index contributed by atoms with van der Waals surface area (Å²) in [6.07, 6.45) is 3.71. The standard InChI is InChI=1S/C11H14ClN3O2/c1-2-8-7-17-4-3-15(8)11(16)9-5-13-6-10(12)14-9/h5-6,8H,2-4,7H2,1H3. The molecule has 0 radical (unpaired) electrons. The third kappa shape index (κ3) is 2.73. The van der Waals surface area contributed by atoms with Gasteiger partial charge in [0.05, 0.1) is 31.6 Å². The normalized spacial score (nSPS) is 20.4. The molecule has 1 saturated heterocycles. The van der Waals surface area contributed by atoms with Gasteiger partial charge in [0.15, 0.2) is 0 Å². The van der Waals surface area contributed by atoms with Crippen molar-refractivity contribution >= 4 is 17.5 Å². The molecule has 1 aliphatic rings. The van der Waals surface area contributed by atoms with Crippen LogP contribution in [0.3, 0.4) is 0 Å². The first-order chi connectivity index (χ1) is 8.22. The van der Waals surface area contributed by atoms with Crippen LogP contribution in [0.2, 0.25) is 5.15 Å². The number of carbonyl (C=O) groups is 1. The number of rotatable bonds is 2. The largest absolute Gasteiger partial charge is 0.377 e. The van der Waals surface area contributed by atoms with Crippen molar-refractivity contribution in [1.82, 2.24) is 14.9 Å². The summed E-state index contributed by atoms with van der Waals surface area (Å²) in [5, 5.41) is 0.233. The molecule has 0 N–H and O–H groups in total. The molecular weight excluding hydrogens is 242 g/mol. The second-order valence-corrected chi connectivity index (χ2v) is 4.25. The quantitative estimate of drug-likeness (QED) is 0.801. The van der Waals surface area contributed by atoms with Crippen molar-refractivity contribution in [3.8, 4) is 0 Å². The first-order valence-corrected chi connectivity index (χ1v) is 5.96. The van der Waals surface area contributed by atoms with Crippen molar-refractivity contribution in [2.24, 2.45) is 0 Å². The summed E-state index contributed by atoms with van der Waals surface area (Å²) < 4.78 is 5.36. The van der Waals surface area contributed by atoms with E-state index in [-0.39, 0.29) is 22.8 Å². The van der Waals surface area contributed by atoms with Crippen LogP contribution in [0.25, 0.3) is 0 Å². The van der Waals surface area contributed by atoms with E-state index >= 15 is 0 Å². The van der Waals surface area contributed by atoms with Crippen molar-refractivity contribution in [1.29, 1.82) is 0 Å². The molecule has 1 unspecified atom stereocenters. The van der Waals surface area contributed by atoms with Gasteiger partial charge in [0.25, 0.3) is 5.91 Å². The van der Waals surface area contributed by atoms with Crippen LogP contribution in [0.1, 0.15) is 23.8 Å². The number of nitrogens with zero attached hydrogens (tertiary/aromatic N) is 3. The van der Waals surface area contributed by atoms with Gasteiger partial charge in [0.2, 0.25) is 0 Å². The van der Waals surface area contributed by atoms with Crippen molar-refractivity contribution < 1.29 is 9.53 Å². The molecule has 1 amide bonds. The molecule has 17 heavy (non-hydrogen) atoms. The average Bonchev–Trinajstić information content (AvgIpc) is 2.38. The fourth-order valence-corrected chi connectivity index (χ4v) is 2.00. The van der Waals surface area contributed by atoms with E-state index < -0.39 is 0 Å². The third-order valence-electron chi connectivity index (χ3n) is 2.78. The number of ether oxygens (including phenoxy) is 1. The van der Waals surface area contributed by atoms with E-state index in [1.54, 1.807) is 4.90 Å². The summed E-state index contributed by atoms with van der Waals surface area (Å²) in [5.41, 5.74) is 0.290. The number of hydrogen-bond acceptors (Lipinski definition) is 4. The first kappa shape index (κ1) is 12.3. The highest BCUT2D eigenvalue weighted by Crippen LogP contribution is 2.14. The molecule has 0 bridgehead atoms. The van der Waals surface area contributed by atoms with E-state index in [1.165, 1.54) is 12.4 Å². The molecule has 1 fully saturated rings. The Morgan fingerprint density at radius 3 is 3.18 bits per heavy atom. The maximum atomic E-state index is 12.2. The second-order valence-electron chi connectivity index (χ2n) is 3.86. The Morgan fingerprint density at radius 2 is 2.47 bits per heavy atom. The van der Waals surface area contributed by atoms with E-state index in [0.29, 0.717) is 19.8 Å². The van der Waals surface area contributed by atoms with Crippen molar-refractivity contribution in [3.05, 3.63) is 23.2 Å². The smallest absolute Gasteiger partial charge is 0.274 e. The van der Waals surface area contributed by atoms with Crippen LogP contribution in [-0.2, 0) is 4.74 Å². The van der Waals surface area contributed by atoms with Gasteiger partial charge in [-0.25, -0.2) is 4.98 Å². The highest BCUT2D eigenvalue weighted by molar-refractivity contribution is 6.29. The van der Waals surface area contributed by atoms with Gasteiger partial charge in [0.1, 0.15) is 10.8 Å². The highest BCUT2D eigenvalue weighted by Gasteiger charge is 2.27. The zero-order valence-electron chi connectivity index (χ0n) is 9.60. The van der Waals surface area contributed by atoms with E-state index in [2.05, 4.69) is 9.97 Å². The zero-order valence-corrected chi connectivity index (χ0v) is 10.4. The highest BCUT2D eigenvalue weighted by atomic mass is 35.5. The van der Waals surface area contributed by atoms with Crippen molar-refractivity contribution in [2.75, 3.05) is 19.8 Å². The molecule has 0 aromatic carbocycles. The van der Waals surface area contributed by atoms with Crippen LogP contribution in [-0.4, -0.2) is 46.6 Å². The Morgan fingerprint density at radius 1 is 1.65 bits per heavy atom. The summed E-state index contributed by atoms with van der Waals surface area (Å²) in [7, 11) is 0. The van der Waals surface area contributed by atoms with Gasteiger partial charge in [-0.05, 0) is 6.42 Å². The monoisotopic (exact) mass is 255 g/mol. The molecule has 0 saturated carbocycles. The lowest BCUT2D eigenvalue weighted by atomic mass is 10.1. The van der Waals surface area contributed by atoms with Crippen LogP contribution in [0.15, 0.2) is 12.4 Å². The number of amides is 1. The topological polar surface area (TPSA) is 55.3 Å². The van der Waals surface area contributed by atoms with E-state index in [0.717, 1.165) is 6.42 Å². The maximum Gasteiger partial charge on any atom is 0.274 e. The molecule has 1 aliphatic heterocycles. The minimum atomic E-state index is -0.129. The van der Waals surface area contributed by atoms with E-state index in [9.17, 15) is 4.79 Å². The first-order valence-electron chi connectivity index (χ1n) is 5.58. The van der Waals surface area contributed by atoms with Crippen LogP contribution in [0.4, 0.5) is 0 Å². The van der Waals surface area contributed by atoms with E-state index in [4.69, 9.17) is 16.3 Å². The number of halogens is 1. The van der Waals surface area contributed by atoms with Crippen LogP contribution >= 0.6 is 11.6 Å². The average molecular weight is 256 g/mol. The fraction of sp³-hybridized carbons (Fsp3) is 0.545. The van der Waals surface area contributed by atoms with Crippen molar-refractivity contribution in [3.63, 3.8) is 0 Å². The lowest BCUT2D eigenvalue weighted by molar-refractivity contribution is -0.00313. The minimum absolute atomic E-state index is 0.108. The minimum Gasteiger partial charge on any atom is -0.377 e. The van der Waals surface area contributed by atoms with Crippen LogP contribution < -0.4 is 0 Å². The number of hydrogen-bond donors (Lipinski definition) is 0. The molecule has 6 heteroatoms. The number of aromatic nitrogens is 2. The summed E-state index contributed by atoms with van der Waals surface area (Å²) in [5.74, 6) is -0.129. The summed E-state index contributed by atoms with van der Waals surface area (Å²) in [6, 6.07) is 0.108. The van der Waals surface area contributed by atoms with Crippen molar-refractivity contribution in [2.45, 2.75) is 19.4 Å². The molecule has 1 atom stereocenters. The van der Waals surface area contributed by atoms with Gasteiger partial charge in [-0.3, -0.25) is 9.78 Å². The van der Waals surface area contributed by atoms with Gasteiger partial charge >= 0.3 is 0 Å². The molecule has 92 valence electrons. The Balaban J connectivity index is 2.18. The molecule has 2 heterocycles. The van der Waals surface area contributed by atoms with Crippen LogP contribution in [0.5, 0.6) is 0 Å². The molecule has 0 aliphatic carbocycles. The Bertz CT molecular complexity index is 413. The van der Waals surface area contributed by atoms with Gasteiger partial charge in [-0.15, -0.1) is 0 Å². The van der Waals surface area contributed by atoms with Gasteiger partial charge in [-0.1, -0.05) is 18.5 Å². The lowest BCUT2D eigenvalue weighted by Gasteiger charge is -2.34. The third-order valence-corrected chi connectivity index (χ3v) is 2.97. The second kappa shape index (κ2) is 5.42. The van der Waals surface area contributed by atoms with Gasteiger partial charge in [-0.2, -0.15) is 0 Å². The van der Waals surface area contributed by atoms with E-state index in [1.807, 2.05) is 6.92 Å². The Labute approximate surface area is 105 Å². The molecule has 1 aromatic rings. The fourth-order valence-electron chi connectivity index (χ4n) is 1.85. The molecule has 1 aromatic heterocycles. The SMILES string of the molecule is CCC1COCCN1C(=O)c1cncc(Cl)n1. The summed E-state index contributed by atoms with van der Waals surface area (Å²) >= 11 is 5.73. The van der Waals surface area contributed by atoms with Gasteiger partial charge in [0, 0.05) is 6.54 Å². The predicted molar refractivity (Wildman–Crippen MR) is 63.0 cm³/mol. The molecular formula is C11H14ClN3O2. The summed E-state index contributed by atoms with van der Waals surface area (Å²) in [4.78, 5) is 21.9. The molecule has 5 nitrogen and oxygen atoms in total. The molecule has 2 rings (SSSR count). The zero-order chi connectivity index (χ0) is 12.3. The lowest BCUT2D eigenvalue weighted by Crippen LogP contribution is -2.48. The van der Waals surface area contributed by atoms with Gasteiger partial charge < -0.3 is 9.64 Å². The predicted octanol–water partition coefficient (Wildman–Crippen LogP) is 1.38. The maximum absolute atomic E-state index is 12.2.